The van der Waals surface area contributed by atoms with Crippen molar-refractivity contribution >= 4 is 17.6 Å². The number of carbonyl (C=O) groups excluding carboxylic acids is 1. The zero-order valence-corrected chi connectivity index (χ0v) is 15.0. The normalized spacial score (nSPS) is 21.2. The minimum atomic E-state index is -0.981. The molecule has 2 N–H and O–H groups in total. The van der Waals surface area contributed by atoms with Crippen LogP contribution >= 0.6 is 0 Å². The molecule has 1 amide bonds. The van der Waals surface area contributed by atoms with Gasteiger partial charge >= 0.3 is 6.09 Å². The number of hydrogen-bond donors (Lipinski definition) is 2. The van der Waals surface area contributed by atoms with E-state index in [1.807, 2.05) is 20.8 Å². The summed E-state index contributed by atoms with van der Waals surface area (Å²) in [5.74, 6) is 0.373. The van der Waals surface area contributed by atoms with Crippen molar-refractivity contribution in [2.24, 2.45) is 5.92 Å². The van der Waals surface area contributed by atoms with E-state index in [2.05, 4.69) is 0 Å². The molecule has 25 heavy (non-hydrogen) atoms. The molecule has 1 aliphatic carbocycles. The molecule has 1 aromatic rings. The van der Waals surface area contributed by atoms with E-state index in [0.29, 0.717) is 23.6 Å². The fraction of sp³-hybridized carbons (Fsp3) is 0.579. The number of anilines is 1. The molecule has 136 valence electrons. The van der Waals surface area contributed by atoms with E-state index in [0.717, 1.165) is 24.3 Å². The molecule has 0 saturated heterocycles. The summed E-state index contributed by atoms with van der Waals surface area (Å²) in [4.78, 5) is 26.1. The molecule has 1 fully saturated rings. The number of rotatable bonds is 5. The first-order valence-electron chi connectivity index (χ1n) is 8.83. The first-order chi connectivity index (χ1) is 11.7. The van der Waals surface area contributed by atoms with Crippen molar-refractivity contribution in [3.63, 3.8) is 0 Å². The molecule has 2 aliphatic rings. The number of fused-ring (bicyclic) bond motifs is 1. The zero-order chi connectivity index (χ0) is 18.4. The molecule has 1 heterocycles. The smallest absolute Gasteiger partial charge is 0.407 e. The summed E-state index contributed by atoms with van der Waals surface area (Å²) < 4.78 is 0. The van der Waals surface area contributed by atoms with Crippen molar-refractivity contribution in [1.29, 1.82) is 0 Å². The minimum absolute atomic E-state index is 0.141. The topological polar surface area (TPSA) is 81.1 Å². The van der Waals surface area contributed by atoms with Gasteiger partial charge in [-0.2, -0.15) is 0 Å². The number of carbonyl (C=O) groups is 2. The predicted octanol–water partition coefficient (Wildman–Crippen LogP) is 3.78. The van der Waals surface area contributed by atoms with Crippen LogP contribution in [0.15, 0.2) is 24.3 Å². The number of benzene rings is 1. The van der Waals surface area contributed by atoms with Gasteiger partial charge < -0.3 is 10.0 Å². The molecular formula is C19H26N2O4. The number of Topliss-reactive ketones (excluding diaryl/α,β-unsaturated/α-hetero) is 1. The van der Waals surface area contributed by atoms with E-state index < -0.39 is 17.7 Å². The van der Waals surface area contributed by atoms with Crippen LogP contribution in [0.4, 0.5) is 10.5 Å². The van der Waals surface area contributed by atoms with Crippen LogP contribution in [0.3, 0.4) is 0 Å². The fourth-order valence-corrected chi connectivity index (χ4v) is 3.84. The summed E-state index contributed by atoms with van der Waals surface area (Å²) in [5, 5.41) is 21.3. The molecule has 6 nitrogen and oxygen atoms in total. The van der Waals surface area contributed by atoms with Gasteiger partial charge in [-0.15, -0.1) is 0 Å². The van der Waals surface area contributed by atoms with Crippen LogP contribution in [-0.4, -0.2) is 44.7 Å². The third-order valence-electron chi connectivity index (χ3n) is 5.11. The SMILES string of the molecule is CC(C)(C)N(C(=O)O)C(CC1CC1)CC1C(=O)c2ccccc2N1O. The monoisotopic (exact) mass is 346 g/mol. The van der Waals surface area contributed by atoms with Crippen LogP contribution in [0.2, 0.25) is 0 Å². The second-order valence-corrected chi connectivity index (χ2v) is 8.13. The first kappa shape index (κ1) is 17.7. The van der Waals surface area contributed by atoms with E-state index in [1.165, 1.54) is 4.90 Å². The zero-order valence-electron chi connectivity index (χ0n) is 15.0. The number of hydrogen-bond acceptors (Lipinski definition) is 4. The molecule has 6 heteroatoms. The van der Waals surface area contributed by atoms with Crippen LogP contribution in [0.25, 0.3) is 0 Å². The summed E-state index contributed by atoms with van der Waals surface area (Å²) in [6.07, 6.45) is 2.26. The quantitative estimate of drug-likeness (QED) is 0.848. The maximum Gasteiger partial charge on any atom is 0.407 e. The summed E-state index contributed by atoms with van der Waals surface area (Å²) in [5.41, 5.74) is 0.429. The van der Waals surface area contributed by atoms with Gasteiger partial charge in [-0.3, -0.25) is 10.0 Å². The summed E-state index contributed by atoms with van der Waals surface area (Å²) >= 11 is 0. The molecule has 0 aromatic heterocycles. The Morgan fingerprint density at radius 2 is 1.92 bits per heavy atom. The molecule has 3 rings (SSSR count). The number of para-hydroxylation sites is 1. The van der Waals surface area contributed by atoms with Crippen LogP contribution in [-0.2, 0) is 0 Å². The van der Waals surface area contributed by atoms with Gasteiger partial charge in [-0.25, -0.2) is 9.86 Å². The van der Waals surface area contributed by atoms with Crippen LogP contribution in [0.5, 0.6) is 0 Å². The lowest BCUT2D eigenvalue weighted by molar-refractivity contribution is 0.0528. The molecule has 0 radical (unpaired) electrons. The molecule has 1 aromatic carbocycles. The van der Waals surface area contributed by atoms with Crippen molar-refractivity contribution in [3.05, 3.63) is 29.8 Å². The Labute approximate surface area is 148 Å². The Kier molecular flexibility index (Phi) is 4.49. The second kappa shape index (κ2) is 6.33. The minimum Gasteiger partial charge on any atom is -0.465 e. The average Bonchev–Trinajstić information content (AvgIpc) is 3.29. The Morgan fingerprint density at radius 1 is 1.28 bits per heavy atom. The molecule has 0 spiro atoms. The highest BCUT2D eigenvalue weighted by molar-refractivity contribution is 6.10. The Bertz CT molecular complexity index is 678. The lowest BCUT2D eigenvalue weighted by atomic mass is 9.93. The van der Waals surface area contributed by atoms with Crippen LogP contribution in [0, 0.1) is 5.92 Å². The summed E-state index contributed by atoms with van der Waals surface area (Å²) in [7, 11) is 0. The van der Waals surface area contributed by atoms with Gasteiger partial charge in [0.05, 0.1) is 5.69 Å². The number of carboxylic acid groups (broad SMARTS) is 1. The summed E-state index contributed by atoms with van der Waals surface area (Å²) in [6, 6.07) is 5.93. The largest absolute Gasteiger partial charge is 0.465 e. The molecule has 1 aliphatic heterocycles. The standard InChI is InChI=1S/C19H26N2O4/c1-19(2,3)20(18(23)24)13(10-12-8-9-12)11-16-17(22)14-6-4-5-7-15(14)21(16)25/h4-7,12-13,16,25H,8-11H2,1-3H3,(H,23,24). The third-order valence-corrected chi connectivity index (χ3v) is 5.11. The lowest BCUT2D eigenvalue weighted by Crippen LogP contribution is -2.53. The second-order valence-electron chi connectivity index (χ2n) is 8.13. The van der Waals surface area contributed by atoms with Gasteiger partial charge in [0.15, 0.2) is 5.78 Å². The van der Waals surface area contributed by atoms with Crippen molar-refractivity contribution in [3.8, 4) is 0 Å². The third kappa shape index (κ3) is 3.49. The van der Waals surface area contributed by atoms with Crippen molar-refractivity contribution in [2.75, 3.05) is 5.06 Å². The average molecular weight is 346 g/mol. The molecule has 0 bridgehead atoms. The maximum absolute atomic E-state index is 12.7. The maximum atomic E-state index is 12.7. The van der Waals surface area contributed by atoms with Crippen molar-refractivity contribution < 1.29 is 19.9 Å². The number of hydroxylamine groups is 1. The fourth-order valence-electron chi connectivity index (χ4n) is 3.84. The van der Waals surface area contributed by atoms with E-state index >= 15 is 0 Å². The van der Waals surface area contributed by atoms with Crippen LogP contribution < -0.4 is 5.06 Å². The van der Waals surface area contributed by atoms with E-state index in [4.69, 9.17) is 0 Å². The Balaban J connectivity index is 1.86. The van der Waals surface area contributed by atoms with E-state index in [-0.39, 0.29) is 11.8 Å². The predicted molar refractivity (Wildman–Crippen MR) is 94.2 cm³/mol. The Hall–Kier alpha value is -2.08. The summed E-state index contributed by atoms with van der Waals surface area (Å²) in [6.45, 7) is 5.59. The molecule has 2 atom stereocenters. The highest BCUT2D eigenvalue weighted by Gasteiger charge is 2.43. The number of ketones is 1. The van der Waals surface area contributed by atoms with E-state index in [9.17, 15) is 19.9 Å². The number of amides is 1. The first-order valence-corrected chi connectivity index (χ1v) is 8.83. The number of nitrogens with zero attached hydrogens (tertiary/aromatic N) is 2. The van der Waals surface area contributed by atoms with Crippen molar-refractivity contribution in [2.45, 2.75) is 64.1 Å². The van der Waals surface area contributed by atoms with Gasteiger partial charge in [0.2, 0.25) is 0 Å². The highest BCUT2D eigenvalue weighted by Crippen LogP contribution is 2.39. The van der Waals surface area contributed by atoms with E-state index in [1.54, 1.807) is 24.3 Å². The van der Waals surface area contributed by atoms with Crippen molar-refractivity contribution in [1.82, 2.24) is 4.90 Å². The van der Waals surface area contributed by atoms with Gasteiger partial charge in [0, 0.05) is 17.1 Å². The van der Waals surface area contributed by atoms with Gasteiger partial charge in [0.25, 0.3) is 0 Å². The molecular weight excluding hydrogens is 320 g/mol. The molecule has 1 saturated carbocycles. The Morgan fingerprint density at radius 3 is 2.44 bits per heavy atom. The van der Waals surface area contributed by atoms with Gasteiger partial charge in [-0.1, -0.05) is 25.0 Å². The molecule has 2 unspecified atom stereocenters. The highest BCUT2D eigenvalue weighted by atomic mass is 16.5. The lowest BCUT2D eigenvalue weighted by Gasteiger charge is -2.41. The van der Waals surface area contributed by atoms with Gasteiger partial charge in [-0.05, 0) is 51.7 Å². The van der Waals surface area contributed by atoms with Gasteiger partial charge in [0.1, 0.15) is 6.04 Å². The van der Waals surface area contributed by atoms with Crippen LogP contribution in [0.1, 0.15) is 56.8 Å².